The van der Waals surface area contributed by atoms with Crippen LogP contribution in [0, 0.1) is 0 Å². The van der Waals surface area contributed by atoms with Gasteiger partial charge in [0.1, 0.15) is 12.6 Å². The number of sulfonamides is 1. The van der Waals surface area contributed by atoms with Crippen LogP contribution in [0.1, 0.15) is 51.2 Å². The Balaban J connectivity index is 2.03. The molecule has 0 spiro atoms. The molecule has 3 rings (SSSR count). The van der Waals surface area contributed by atoms with Crippen molar-refractivity contribution in [3.63, 3.8) is 0 Å². The molecule has 39 heavy (non-hydrogen) atoms. The van der Waals surface area contributed by atoms with Crippen molar-refractivity contribution in [2.45, 2.75) is 57.5 Å². The third-order valence-electron chi connectivity index (χ3n) is 6.47. The van der Waals surface area contributed by atoms with Crippen molar-refractivity contribution in [1.82, 2.24) is 10.2 Å². The topological polar surface area (TPSA) is 86.8 Å². The second kappa shape index (κ2) is 13.6. The average molecular weight is 570 g/mol. The molecule has 0 aliphatic rings. The fourth-order valence-electron chi connectivity index (χ4n) is 4.06. The van der Waals surface area contributed by atoms with Crippen LogP contribution in [-0.4, -0.2) is 44.3 Å². The first-order chi connectivity index (χ1) is 18.6. The van der Waals surface area contributed by atoms with Crippen LogP contribution in [0.15, 0.2) is 83.8 Å². The summed E-state index contributed by atoms with van der Waals surface area (Å²) in [7, 11) is -4.10. The molecule has 0 unspecified atom stereocenters. The molecule has 2 amide bonds. The summed E-state index contributed by atoms with van der Waals surface area (Å²) in [5.74, 6) is -0.592. The van der Waals surface area contributed by atoms with Gasteiger partial charge in [-0.05, 0) is 60.7 Å². The molecule has 7 nitrogen and oxygen atoms in total. The van der Waals surface area contributed by atoms with E-state index in [1.165, 1.54) is 17.0 Å². The number of hydrogen-bond acceptors (Lipinski definition) is 4. The second-order valence-corrected chi connectivity index (χ2v) is 11.9. The van der Waals surface area contributed by atoms with E-state index < -0.39 is 28.5 Å². The summed E-state index contributed by atoms with van der Waals surface area (Å²) < 4.78 is 28.7. The van der Waals surface area contributed by atoms with E-state index in [9.17, 15) is 18.0 Å². The van der Waals surface area contributed by atoms with E-state index in [4.69, 9.17) is 11.6 Å². The number of nitrogens with one attached hydrogen (secondary N) is 1. The molecule has 1 N–H and O–H groups in total. The third kappa shape index (κ3) is 7.61. The normalized spacial score (nSPS) is 12.2. The summed E-state index contributed by atoms with van der Waals surface area (Å²) in [6.07, 6.45) is 0.742. The first-order valence-corrected chi connectivity index (χ1v) is 14.9. The van der Waals surface area contributed by atoms with Gasteiger partial charge < -0.3 is 10.2 Å². The number of nitrogens with zero attached hydrogens (tertiary/aromatic N) is 2. The molecule has 0 heterocycles. The van der Waals surface area contributed by atoms with Gasteiger partial charge in [0.15, 0.2) is 0 Å². The Labute approximate surface area is 236 Å². The lowest BCUT2D eigenvalue weighted by molar-refractivity contribution is -0.139. The monoisotopic (exact) mass is 569 g/mol. The summed E-state index contributed by atoms with van der Waals surface area (Å²) in [4.78, 5) is 28.3. The minimum absolute atomic E-state index is 0.0464. The SMILES string of the molecule is CCCNC(=O)[C@H](C)N(Cc1ccccc1Cl)C(=O)CN(c1ccc(C(C)C)cc1)S(=O)(=O)c1ccccc1. The highest BCUT2D eigenvalue weighted by Gasteiger charge is 2.32. The molecule has 208 valence electrons. The first kappa shape index (κ1) is 30.2. The smallest absolute Gasteiger partial charge is 0.264 e. The first-order valence-electron chi connectivity index (χ1n) is 13.0. The van der Waals surface area contributed by atoms with Crippen LogP contribution in [0.25, 0.3) is 0 Å². The second-order valence-electron chi connectivity index (χ2n) is 9.65. The lowest BCUT2D eigenvalue weighted by Gasteiger charge is -2.32. The highest BCUT2D eigenvalue weighted by molar-refractivity contribution is 7.92. The van der Waals surface area contributed by atoms with Gasteiger partial charge in [0.05, 0.1) is 10.6 Å². The molecule has 0 saturated heterocycles. The Hall–Kier alpha value is -3.36. The van der Waals surface area contributed by atoms with E-state index in [2.05, 4.69) is 19.2 Å². The van der Waals surface area contributed by atoms with Gasteiger partial charge >= 0.3 is 0 Å². The van der Waals surface area contributed by atoms with Gasteiger partial charge in [-0.3, -0.25) is 13.9 Å². The lowest BCUT2D eigenvalue weighted by atomic mass is 10.0. The third-order valence-corrected chi connectivity index (χ3v) is 8.63. The maximum absolute atomic E-state index is 13.9. The lowest BCUT2D eigenvalue weighted by Crippen LogP contribution is -2.51. The summed E-state index contributed by atoms with van der Waals surface area (Å²) in [6, 6.07) is 21.4. The summed E-state index contributed by atoms with van der Waals surface area (Å²) in [5.41, 5.74) is 2.06. The van der Waals surface area contributed by atoms with E-state index in [1.54, 1.807) is 61.5 Å². The van der Waals surface area contributed by atoms with Crippen molar-refractivity contribution in [2.75, 3.05) is 17.4 Å². The predicted molar refractivity (Wildman–Crippen MR) is 156 cm³/mol. The number of amides is 2. The van der Waals surface area contributed by atoms with Crippen molar-refractivity contribution >= 4 is 39.1 Å². The molecular formula is C30H36ClN3O4S. The van der Waals surface area contributed by atoms with E-state index in [1.807, 2.05) is 19.1 Å². The number of anilines is 1. The number of halogens is 1. The van der Waals surface area contributed by atoms with Gasteiger partial charge in [-0.1, -0.05) is 80.9 Å². The Kier molecular flexibility index (Phi) is 10.5. The molecule has 0 radical (unpaired) electrons. The van der Waals surface area contributed by atoms with Crippen LogP contribution in [0.4, 0.5) is 5.69 Å². The van der Waals surface area contributed by atoms with E-state index >= 15 is 0 Å². The average Bonchev–Trinajstić information content (AvgIpc) is 2.94. The van der Waals surface area contributed by atoms with Crippen molar-refractivity contribution in [3.8, 4) is 0 Å². The van der Waals surface area contributed by atoms with Gasteiger partial charge in [0, 0.05) is 18.1 Å². The van der Waals surface area contributed by atoms with E-state index in [-0.39, 0.29) is 23.3 Å². The number of rotatable bonds is 12. The molecule has 9 heteroatoms. The van der Waals surface area contributed by atoms with Gasteiger partial charge in [0.2, 0.25) is 11.8 Å². The highest BCUT2D eigenvalue weighted by Crippen LogP contribution is 2.27. The van der Waals surface area contributed by atoms with Gasteiger partial charge in [0.25, 0.3) is 10.0 Å². The molecule has 3 aromatic rings. The molecule has 0 bridgehead atoms. The zero-order valence-electron chi connectivity index (χ0n) is 22.8. The number of carbonyl (C=O) groups excluding carboxylic acids is 2. The van der Waals surface area contributed by atoms with Crippen LogP contribution >= 0.6 is 11.6 Å². The van der Waals surface area contributed by atoms with Crippen molar-refractivity contribution in [2.24, 2.45) is 0 Å². The van der Waals surface area contributed by atoms with Gasteiger partial charge in [-0.15, -0.1) is 0 Å². The molecule has 0 fully saturated rings. The fourth-order valence-corrected chi connectivity index (χ4v) is 5.69. The van der Waals surface area contributed by atoms with Gasteiger partial charge in [-0.2, -0.15) is 0 Å². The van der Waals surface area contributed by atoms with Crippen molar-refractivity contribution in [1.29, 1.82) is 0 Å². The maximum atomic E-state index is 13.9. The van der Waals surface area contributed by atoms with E-state index in [0.29, 0.717) is 22.8 Å². The molecule has 3 aromatic carbocycles. The van der Waals surface area contributed by atoms with Crippen LogP contribution in [0.2, 0.25) is 5.02 Å². The number of benzene rings is 3. The summed E-state index contributed by atoms with van der Waals surface area (Å²) in [5, 5.41) is 3.28. The van der Waals surface area contributed by atoms with Crippen LogP contribution in [0.3, 0.4) is 0 Å². The van der Waals surface area contributed by atoms with E-state index in [0.717, 1.165) is 16.3 Å². The van der Waals surface area contributed by atoms with Crippen LogP contribution < -0.4 is 9.62 Å². The molecule has 0 aliphatic carbocycles. The van der Waals surface area contributed by atoms with Crippen LogP contribution in [-0.2, 0) is 26.2 Å². The Morgan fingerprint density at radius 2 is 1.51 bits per heavy atom. The highest BCUT2D eigenvalue weighted by atomic mass is 35.5. The standard InChI is InChI=1S/C30H36ClN3O4S/c1-5-19-32-30(36)23(4)33(20-25-11-9-10-14-28(25)31)29(35)21-34(26-17-15-24(16-18-26)22(2)3)39(37,38)27-12-7-6-8-13-27/h6-18,22-23H,5,19-21H2,1-4H3,(H,32,36)/t23-/m0/s1. The molecule has 0 aliphatic heterocycles. The largest absolute Gasteiger partial charge is 0.354 e. The molecule has 0 saturated carbocycles. The Morgan fingerprint density at radius 1 is 0.897 bits per heavy atom. The minimum Gasteiger partial charge on any atom is -0.354 e. The predicted octanol–water partition coefficient (Wildman–Crippen LogP) is 5.60. The number of carbonyl (C=O) groups is 2. The minimum atomic E-state index is -4.10. The summed E-state index contributed by atoms with van der Waals surface area (Å²) >= 11 is 6.39. The van der Waals surface area contributed by atoms with Crippen molar-refractivity contribution < 1.29 is 18.0 Å². The zero-order valence-corrected chi connectivity index (χ0v) is 24.4. The van der Waals surface area contributed by atoms with Crippen molar-refractivity contribution in [3.05, 3.63) is 95.0 Å². The Morgan fingerprint density at radius 3 is 2.10 bits per heavy atom. The zero-order chi connectivity index (χ0) is 28.6. The number of hydrogen-bond donors (Lipinski definition) is 1. The molecular weight excluding hydrogens is 534 g/mol. The quantitative estimate of drug-likeness (QED) is 0.307. The van der Waals surface area contributed by atoms with Gasteiger partial charge in [-0.25, -0.2) is 8.42 Å². The summed E-state index contributed by atoms with van der Waals surface area (Å²) in [6.45, 7) is 7.69. The molecule has 0 aromatic heterocycles. The fraction of sp³-hybridized carbons (Fsp3) is 0.333. The van der Waals surface area contributed by atoms with Crippen LogP contribution in [0.5, 0.6) is 0 Å². The molecule has 1 atom stereocenters. The maximum Gasteiger partial charge on any atom is 0.264 e. The Bertz CT molecular complexity index is 1360.